The number of hydrogen-bond acceptors (Lipinski definition) is 3. The van der Waals surface area contributed by atoms with E-state index in [0.29, 0.717) is 12.2 Å². The van der Waals surface area contributed by atoms with Crippen molar-refractivity contribution < 1.29 is 4.79 Å². The number of anilines is 2. The monoisotopic (exact) mass is 343 g/mol. The van der Waals surface area contributed by atoms with Gasteiger partial charge in [0.25, 0.3) is 5.91 Å². The lowest BCUT2D eigenvalue weighted by Gasteiger charge is -2.28. The van der Waals surface area contributed by atoms with E-state index in [9.17, 15) is 4.79 Å². The Labute approximate surface area is 153 Å². The van der Waals surface area contributed by atoms with Gasteiger partial charge in [0.05, 0.1) is 11.9 Å². The van der Waals surface area contributed by atoms with E-state index in [0.717, 1.165) is 24.3 Å². The van der Waals surface area contributed by atoms with Gasteiger partial charge in [0.2, 0.25) is 0 Å². The van der Waals surface area contributed by atoms with Crippen molar-refractivity contribution >= 4 is 17.3 Å². The van der Waals surface area contributed by atoms with Crippen LogP contribution in [0.1, 0.15) is 27.2 Å². The summed E-state index contributed by atoms with van der Waals surface area (Å²) in [4.78, 5) is 19.0. The molecule has 26 heavy (non-hydrogen) atoms. The van der Waals surface area contributed by atoms with Gasteiger partial charge in [0.15, 0.2) is 0 Å². The Kier molecular flexibility index (Phi) is 4.40. The highest BCUT2D eigenvalue weighted by Gasteiger charge is 2.22. The van der Waals surface area contributed by atoms with E-state index in [4.69, 9.17) is 0 Å². The number of amides is 1. The topological polar surface area (TPSA) is 45.2 Å². The number of fused-ring (bicyclic) bond motifs is 1. The number of benzene rings is 2. The molecule has 1 aliphatic rings. The maximum atomic E-state index is 12.8. The maximum Gasteiger partial charge on any atom is 0.272 e. The van der Waals surface area contributed by atoms with Crippen LogP contribution in [-0.4, -0.2) is 22.3 Å². The van der Waals surface area contributed by atoms with Crippen LogP contribution in [-0.2, 0) is 13.0 Å². The van der Waals surface area contributed by atoms with Gasteiger partial charge in [-0.15, -0.1) is 0 Å². The Balaban J connectivity index is 1.47. The lowest BCUT2D eigenvalue weighted by atomic mass is 10.00. The number of carbonyl (C=O) groups is 1. The van der Waals surface area contributed by atoms with Gasteiger partial charge in [-0.3, -0.25) is 4.79 Å². The van der Waals surface area contributed by atoms with Gasteiger partial charge in [0, 0.05) is 18.8 Å². The molecule has 0 bridgehead atoms. The number of carbonyl (C=O) groups excluding carboxylic acids is 1. The zero-order valence-corrected chi connectivity index (χ0v) is 14.8. The molecule has 0 aliphatic carbocycles. The van der Waals surface area contributed by atoms with E-state index in [1.807, 2.05) is 35.2 Å². The Morgan fingerprint density at radius 2 is 1.77 bits per heavy atom. The number of aryl methyl sites for hydroxylation is 1. The first-order valence-corrected chi connectivity index (χ1v) is 8.85. The van der Waals surface area contributed by atoms with Crippen LogP contribution < -0.4 is 5.32 Å². The number of nitrogens with one attached hydrogen (secondary N) is 1. The summed E-state index contributed by atoms with van der Waals surface area (Å²) >= 11 is 0. The summed E-state index contributed by atoms with van der Waals surface area (Å²) in [5.74, 6) is -0.0121. The van der Waals surface area contributed by atoms with Crippen molar-refractivity contribution in [2.45, 2.75) is 19.9 Å². The first-order valence-electron chi connectivity index (χ1n) is 8.85. The minimum absolute atomic E-state index is 0.0121. The second-order valence-corrected chi connectivity index (χ2v) is 6.62. The minimum Gasteiger partial charge on any atom is -0.354 e. The van der Waals surface area contributed by atoms with Crippen LogP contribution in [0.4, 0.5) is 11.4 Å². The van der Waals surface area contributed by atoms with Crippen LogP contribution in [0.25, 0.3) is 0 Å². The van der Waals surface area contributed by atoms with Crippen molar-refractivity contribution in [1.29, 1.82) is 0 Å². The molecule has 0 saturated heterocycles. The average molecular weight is 343 g/mol. The lowest BCUT2D eigenvalue weighted by Crippen LogP contribution is -2.36. The Hall–Kier alpha value is -3.14. The fraction of sp³-hybridized carbons (Fsp3) is 0.182. The van der Waals surface area contributed by atoms with Gasteiger partial charge in [-0.25, -0.2) is 4.98 Å². The van der Waals surface area contributed by atoms with Crippen LogP contribution in [0.5, 0.6) is 0 Å². The zero-order valence-electron chi connectivity index (χ0n) is 14.8. The van der Waals surface area contributed by atoms with Crippen molar-refractivity contribution in [2.75, 3.05) is 11.9 Å². The molecule has 1 aliphatic heterocycles. The Bertz CT molecular complexity index is 934. The lowest BCUT2D eigenvalue weighted by molar-refractivity contribution is 0.0729. The summed E-state index contributed by atoms with van der Waals surface area (Å²) in [7, 11) is 0. The molecule has 2 heterocycles. The van der Waals surface area contributed by atoms with E-state index >= 15 is 0 Å². The van der Waals surface area contributed by atoms with Crippen LogP contribution in [0.3, 0.4) is 0 Å². The van der Waals surface area contributed by atoms with Crippen LogP contribution in [0, 0.1) is 6.92 Å². The third-order valence-corrected chi connectivity index (χ3v) is 4.82. The van der Waals surface area contributed by atoms with E-state index in [-0.39, 0.29) is 5.91 Å². The summed E-state index contributed by atoms with van der Waals surface area (Å²) in [5, 5.41) is 3.34. The molecule has 0 unspecified atom stereocenters. The molecule has 0 fully saturated rings. The summed E-state index contributed by atoms with van der Waals surface area (Å²) in [5.41, 5.74) is 6.13. The fourth-order valence-electron chi connectivity index (χ4n) is 3.29. The second-order valence-electron chi connectivity index (χ2n) is 6.62. The smallest absolute Gasteiger partial charge is 0.272 e. The minimum atomic E-state index is -0.0121. The molecule has 130 valence electrons. The largest absolute Gasteiger partial charge is 0.354 e. The zero-order chi connectivity index (χ0) is 17.9. The normalized spacial score (nSPS) is 13.2. The van der Waals surface area contributed by atoms with E-state index in [2.05, 4.69) is 41.5 Å². The molecule has 0 spiro atoms. The molecule has 0 radical (unpaired) electrons. The molecular formula is C22H21N3O. The first-order chi connectivity index (χ1) is 12.7. The number of para-hydroxylation sites is 1. The van der Waals surface area contributed by atoms with Gasteiger partial charge >= 0.3 is 0 Å². The average Bonchev–Trinajstić information content (AvgIpc) is 2.69. The third-order valence-electron chi connectivity index (χ3n) is 4.82. The van der Waals surface area contributed by atoms with E-state index < -0.39 is 0 Å². The number of aromatic nitrogens is 1. The molecule has 0 atom stereocenters. The summed E-state index contributed by atoms with van der Waals surface area (Å²) < 4.78 is 0. The molecule has 3 aromatic rings. The molecule has 1 N–H and O–H groups in total. The number of hydrogen-bond donors (Lipinski definition) is 1. The van der Waals surface area contributed by atoms with Gasteiger partial charge < -0.3 is 10.2 Å². The van der Waals surface area contributed by atoms with Crippen molar-refractivity contribution in [2.24, 2.45) is 0 Å². The summed E-state index contributed by atoms with van der Waals surface area (Å²) in [6.45, 7) is 3.45. The Morgan fingerprint density at radius 3 is 2.54 bits per heavy atom. The van der Waals surface area contributed by atoms with Crippen LogP contribution in [0.15, 0.2) is 66.9 Å². The predicted molar refractivity (Wildman–Crippen MR) is 104 cm³/mol. The van der Waals surface area contributed by atoms with E-state index in [1.54, 1.807) is 12.3 Å². The van der Waals surface area contributed by atoms with Gasteiger partial charge in [-0.2, -0.15) is 0 Å². The van der Waals surface area contributed by atoms with Gasteiger partial charge in [0.1, 0.15) is 5.69 Å². The molecular weight excluding hydrogens is 322 g/mol. The Morgan fingerprint density at radius 1 is 1.00 bits per heavy atom. The van der Waals surface area contributed by atoms with Crippen LogP contribution >= 0.6 is 0 Å². The standard InChI is InChI=1S/C22H21N3O/c1-16-6-2-5-9-20(16)24-19-10-11-21(23-14-19)22(26)25-13-12-17-7-3-4-8-18(17)15-25/h2-11,14,24H,12-13,15H2,1H3. The SMILES string of the molecule is Cc1ccccc1Nc1ccc(C(=O)N2CCc3ccccc3C2)nc1. The maximum absolute atomic E-state index is 12.8. The predicted octanol–water partition coefficient (Wildman–Crippen LogP) is 4.33. The van der Waals surface area contributed by atoms with Crippen LogP contribution in [0.2, 0.25) is 0 Å². The quantitative estimate of drug-likeness (QED) is 0.770. The molecule has 4 heteroatoms. The van der Waals surface area contributed by atoms with Crippen molar-refractivity contribution in [1.82, 2.24) is 9.88 Å². The molecule has 4 rings (SSSR count). The van der Waals surface area contributed by atoms with Gasteiger partial charge in [-0.05, 0) is 48.2 Å². The summed E-state index contributed by atoms with van der Waals surface area (Å²) in [6.07, 6.45) is 2.62. The third kappa shape index (κ3) is 3.31. The molecule has 0 saturated carbocycles. The highest BCUT2D eigenvalue weighted by atomic mass is 16.2. The second kappa shape index (κ2) is 7.00. The van der Waals surface area contributed by atoms with E-state index in [1.165, 1.54) is 16.7 Å². The number of nitrogens with zero attached hydrogens (tertiary/aromatic N) is 2. The molecule has 1 aromatic heterocycles. The van der Waals surface area contributed by atoms with Crippen molar-refractivity contribution in [3.63, 3.8) is 0 Å². The molecule has 2 aromatic carbocycles. The molecule has 1 amide bonds. The highest BCUT2D eigenvalue weighted by molar-refractivity contribution is 5.92. The molecule has 4 nitrogen and oxygen atoms in total. The fourth-order valence-corrected chi connectivity index (χ4v) is 3.29. The highest BCUT2D eigenvalue weighted by Crippen LogP contribution is 2.22. The number of rotatable bonds is 3. The van der Waals surface area contributed by atoms with Gasteiger partial charge in [-0.1, -0.05) is 42.5 Å². The van der Waals surface area contributed by atoms with Crippen molar-refractivity contribution in [3.05, 3.63) is 89.2 Å². The summed E-state index contributed by atoms with van der Waals surface area (Å²) in [6, 6.07) is 20.1. The number of pyridine rings is 1. The first kappa shape index (κ1) is 16.3. The van der Waals surface area contributed by atoms with Crippen molar-refractivity contribution in [3.8, 4) is 0 Å².